The molecule has 4 aromatic rings. The summed E-state index contributed by atoms with van der Waals surface area (Å²) in [5, 5.41) is 8.25. The van der Waals surface area contributed by atoms with E-state index < -0.39 is 16.7 Å². The topological polar surface area (TPSA) is 109 Å². The first kappa shape index (κ1) is 20.7. The standard InChI is InChI=1S/C23H17FN4O4/c1-25-23(31)18-12-17(10-11-26-18)32-16-8-6-15(7-9-16)28-20-19(21(29)22(20)30)27-14-4-2-13(24)3-5-14/h2-12,27-28H,1H3,(H,25,31). The van der Waals surface area contributed by atoms with Crippen molar-refractivity contribution in [1.82, 2.24) is 10.3 Å². The molecule has 0 fully saturated rings. The molecule has 0 saturated heterocycles. The van der Waals surface area contributed by atoms with Crippen molar-refractivity contribution in [2.24, 2.45) is 0 Å². The van der Waals surface area contributed by atoms with E-state index in [2.05, 4.69) is 20.9 Å². The minimum Gasteiger partial charge on any atom is -0.457 e. The van der Waals surface area contributed by atoms with Gasteiger partial charge in [0.05, 0.1) is 0 Å². The lowest BCUT2D eigenvalue weighted by Crippen LogP contribution is -2.35. The fourth-order valence-electron chi connectivity index (χ4n) is 2.92. The monoisotopic (exact) mass is 432 g/mol. The van der Waals surface area contributed by atoms with E-state index in [4.69, 9.17) is 4.74 Å². The van der Waals surface area contributed by atoms with Crippen LogP contribution >= 0.6 is 0 Å². The molecule has 0 aliphatic heterocycles. The minimum atomic E-state index is -0.651. The Morgan fingerprint density at radius 1 is 0.844 bits per heavy atom. The van der Waals surface area contributed by atoms with Gasteiger partial charge in [-0.25, -0.2) is 4.39 Å². The molecule has 32 heavy (non-hydrogen) atoms. The highest BCUT2D eigenvalue weighted by Crippen LogP contribution is 2.27. The number of anilines is 4. The van der Waals surface area contributed by atoms with E-state index in [1.54, 1.807) is 30.3 Å². The van der Waals surface area contributed by atoms with Crippen LogP contribution in [0.1, 0.15) is 10.5 Å². The van der Waals surface area contributed by atoms with E-state index >= 15 is 0 Å². The third-order valence-corrected chi connectivity index (χ3v) is 4.57. The summed E-state index contributed by atoms with van der Waals surface area (Å²) in [7, 11) is 1.51. The maximum atomic E-state index is 13.1. The fourth-order valence-corrected chi connectivity index (χ4v) is 2.92. The molecular formula is C23H17FN4O4. The molecule has 0 radical (unpaired) electrons. The van der Waals surface area contributed by atoms with Crippen molar-refractivity contribution in [2.45, 2.75) is 0 Å². The van der Waals surface area contributed by atoms with Gasteiger partial charge < -0.3 is 20.7 Å². The van der Waals surface area contributed by atoms with Gasteiger partial charge in [0, 0.05) is 30.7 Å². The Bertz CT molecular complexity index is 1340. The Hall–Kier alpha value is -4.53. The van der Waals surface area contributed by atoms with Crippen LogP contribution in [0.3, 0.4) is 0 Å². The van der Waals surface area contributed by atoms with E-state index in [-0.39, 0.29) is 23.0 Å². The van der Waals surface area contributed by atoms with E-state index in [1.165, 1.54) is 43.6 Å². The van der Waals surface area contributed by atoms with Crippen LogP contribution in [-0.4, -0.2) is 17.9 Å². The van der Waals surface area contributed by atoms with Gasteiger partial charge in [-0.1, -0.05) is 0 Å². The number of nitrogens with zero attached hydrogens (tertiary/aromatic N) is 1. The van der Waals surface area contributed by atoms with E-state index in [0.717, 1.165) is 0 Å². The molecule has 1 amide bonds. The van der Waals surface area contributed by atoms with Crippen molar-refractivity contribution in [2.75, 3.05) is 17.7 Å². The molecule has 3 aromatic carbocycles. The number of amides is 1. The molecular weight excluding hydrogens is 415 g/mol. The second-order valence-corrected chi connectivity index (χ2v) is 6.75. The summed E-state index contributed by atoms with van der Waals surface area (Å²) < 4.78 is 18.8. The number of halogens is 1. The molecule has 1 aromatic heterocycles. The quantitative estimate of drug-likeness (QED) is 0.384. The minimum absolute atomic E-state index is 0.112. The van der Waals surface area contributed by atoms with Gasteiger partial charge in [0.1, 0.15) is 34.4 Å². The number of carbonyl (C=O) groups is 1. The second kappa shape index (κ2) is 8.68. The van der Waals surface area contributed by atoms with Crippen molar-refractivity contribution in [1.29, 1.82) is 0 Å². The van der Waals surface area contributed by atoms with Crippen molar-refractivity contribution in [3.63, 3.8) is 0 Å². The molecule has 0 unspecified atom stereocenters. The Labute approximate surface area is 181 Å². The van der Waals surface area contributed by atoms with Gasteiger partial charge in [-0.2, -0.15) is 0 Å². The van der Waals surface area contributed by atoms with Gasteiger partial charge >= 0.3 is 0 Å². The molecule has 0 aliphatic carbocycles. The zero-order valence-electron chi connectivity index (χ0n) is 16.8. The van der Waals surface area contributed by atoms with Crippen LogP contribution in [0.15, 0.2) is 76.4 Å². The summed E-state index contributed by atoms with van der Waals surface area (Å²) in [6.07, 6.45) is 1.47. The number of hydrogen-bond donors (Lipinski definition) is 3. The van der Waals surface area contributed by atoms with Crippen LogP contribution in [-0.2, 0) is 0 Å². The van der Waals surface area contributed by atoms with Crippen LogP contribution < -0.4 is 31.5 Å². The normalized spacial score (nSPS) is 10.6. The predicted octanol–water partition coefficient (Wildman–Crippen LogP) is 3.46. The van der Waals surface area contributed by atoms with Crippen molar-refractivity contribution in [3.8, 4) is 11.5 Å². The summed E-state index contributed by atoms with van der Waals surface area (Å²) in [5.74, 6) is 0.206. The van der Waals surface area contributed by atoms with Gasteiger partial charge in [-0.15, -0.1) is 0 Å². The molecule has 160 valence electrons. The number of nitrogens with one attached hydrogen (secondary N) is 3. The molecule has 9 heteroatoms. The van der Waals surface area contributed by atoms with E-state index in [1.807, 2.05) is 0 Å². The van der Waals surface area contributed by atoms with Crippen LogP contribution in [0.5, 0.6) is 11.5 Å². The summed E-state index contributed by atoms with van der Waals surface area (Å²) in [6, 6.07) is 15.3. The highest BCUT2D eigenvalue weighted by atomic mass is 19.1. The molecule has 3 N–H and O–H groups in total. The average molecular weight is 432 g/mol. The Morgan fingerprint density at radius 3 is 1.97 bits per heavy atom. The summed E-state index contributed by atoms with van der Waals surface area (Å²) in [4.78, 5) is 39.6. The molecule has 0 bridgehead atoms. The average Bonchev–Trinajstić information content (AvgIpc) is 2.83. The van der Waals surface area contributed by atoms with Gasteiger partial charge in [-0.3, -0.25) is 19.4 Å². The highest BCUT2D eigenvalue weighted by molar-refractivity contribution is 5.92. The van der Waals surface area contributed by atoms with Crippen LogP contribution in [0, 0.1) is 5.82 Å². The molecule has 0 aliphatic rings. The molecule has 0 spiro atoms. The molecule has 0 saturated carbocycles. The third kappa shape index (κ3) is 4.31. The SMILES string of the molecule is CNC(=O)c1cc(Oc2ccc(Nc3c(Nc4ccc(F)cc4)c(=O)c3=O)cc2)ccn1. The zero-order valence-corrected chi connectivity index (χ0v) is 16.8. The number of pyridine rings is 1. The van der Waals surface area contributed by atoms with Crippen LogP contribution in [0.2, 0.25) is 0 Å². The summed E-state index contributed by atoms with van der Waals surface area (Å²) >= 11 is 0. The first-order chi connectivity index (χ1) is 15.4. The Kier molecular flexibility index (Phi) is 5.63. The third-order valence-electron chi connectivity index (χ3n) is 4.57. The molecule has 1 heterocycles. The van der Waals surface area contributed by atoms with Gasteiger partial charge in [0.15, 0.2) is 0 Å². The summed E-state index contributed by atoms with van der Waals surface area (Å²) in [6.45, 7) is 0. The molecule has 8 nitrogen and oxygen atoms in total. The van der Waals surface area contributed by atoms with E-state index in [0.29, 0.717) is 22.9 Å². The van der Waals surface area contributed by atoms with Gasteiger partial charge in [0.25, 0.3) is 16.8 Å². The predicted molar refractivity (Wildman–Crippen MR) is 118 cm³/mol. The first-order valence-electron chi connectivity index (χ1n) is 9.53. The maximum absolute atomic E-state index is 13.1. The second-order valence-electron chi connectivity index (χ2n) is 6.75. The fraction of sp³-hybridized carbons (Fsp3) is 0.0435. The number of benzene rings is 2. The smallest absolute Gasteiger partial charge is 0.269 e. The maximum Gasteiger partial charge on any atom is 0.269 e. The Balaban J connectivity index is 1.46. The van der Waals surface area contributed by atoms with Gasteiger partial charge in [-0.05, 0) is 54.6 Å². The number of hydrogen-bond acceptors (Lipinski definition) is 7. The van der Waals surface area contributed by atoms with Crippen molar-refractivity contribution >= 4 is 28.7 Å². The lowest BCUT2D eigenvalue weighted by atomic mass is 10.1. The van der Waals surface area contributed by atoms with Gasteiger partial charge in [0.2, 0.25) is 0 Å². The molecule has 0 atom stereocenters. The Morgan fingerprint density at radius 2 is 1.41 bits per heavy atom. The first-order valence-corrected chi connectivity index (χ1v) is 9.53. The number of aromatic nitrogens is 1. The molecule has 4 rings (SSSR count). The lowest BCUT2D eigenvalue weighted by molar-refractivity contribution is 0.0958. The zero-order chi connectivity index (χ0) is 22.7. The largest absolute Gasteiger partial charge is 0.457 e. The number of rotatable bonds is 7. The number of carbonyl (C=O) groups excluding carboxylic acids is 1. The van der Waals surface area contributed by atoms with Crippen LogP contribution in [0.25, 0.3) is 0 Å². The lowest BCUT2D eigenvalue weighted by Gasteiger charge is -2.15. The summed E-state index contributed by atoms with van der Waals surface area (Å²) in [5.41, 5.74) is 0.211. The highest BCUT2D eigenvalue weighted by Gasteiger charge is 2.21. The van der Waals surface area contributed by atoms with Crippen molar-refractivity contribution in [3.05, 3.63) is 98.8 Å². The van der Waals surface area contributed by atoms with E-state index in [9.17, 15) is 18.8 Å². The van der Waals surface area contributed by atoms with Crippen molar-refractivity contribution < 1.29 is 13.9 Å². The van der Waals surface area contributed by atoms with Crippen LogP contribution in [0.4, 0.5) is 27.1 Å². The number of ether oxygens (including phenoxy) is 1.